The second-order valence-electron chi connectivity index (χ2n) is 5.87. The number of halogens is 3. The molecule has 1 aliphatic heterocycles. The van der Waals surface area contributed by atoms with Gasteiger partial charge in [0.05, 0.1) is 18.9 Å². The summed E-state index contributed by atoms with van der Waals surface area (Å²) in [4.78, 5) is 0. The van der Waals surface area contributed by atoms with Gasteiger partial charge in [0, 0.05) is 5.56 Å². The number of aromatic nitrogens is 3. The van der Waals surface area contributed by atoms with E-state index >= 15 is 0 Å². The first kappa shape index (κ1) is 17.8. The van der Waals surface area contributed by atoms with Gasteiger partial charge in [-0.3, -0.25) is 0 Å². The van der Waals surface area contributed by atoms with Crippen molar-refractivity contribution in [1.29, 1.82) is 0 Å². The summed E-state index contributed by atoms with van der Waals surface area (Å²) in [6, 6.07) is 0.545. The van der Waals surface area contributed by atoms with Gasteiger partial charge < -0.3 is 20.1 Å². The molecule has 136 valence electrons. The van der Waals surface area contributed by atoms with Gasteiger partial charge in [-0.2, -0.15) is 0 Å². The first-order valence-corrected chi connectivity index (χ1v) is 7.52. The Bertz CT molecular complexity index is 749. The molecule has 7 nitrogen and oxygen atoms in total. The molecule has 1 aromatic heterocycles. The van der Waals surface area contributed by atoms with Gasteiger partial charge in [-0.1, -0.05) is 5.21 Å². The molecular weight excluding hydrogens is 343 g/mol. The molecule has 2 aromatic rings. The van der Waals surface area contributed by atoms with E-state index in [2.05, 4.69) is 10.3 Å². The lowest BCUT2D eigenvalue weighted by atomic mass is 9.93. The molecule has 25 heavy (non-hydrogen) atoms. The molecule has 0 saturated carbocycles. The normalized spacial score (nSPS) is 29.8. The lowest BCUT2D eigenvalue weighted by Gasteiger charge is -2.40. The molecule has 0 bridgehead atoms. The average molecular weight is 359 g/mol. The number of ether oxygens (including phenoxy) is 1. The molecule has 0 aliphatic carbocycles. The van der Waals surface area contributed by atoms with Crippen LogP contribution in [0.2, 0.25) is 0 Å². The van der Waals surface area contributed by atoms with E-state index in [0.29, 0.717) is 0 Å². The highest BCUT2D eigenvalue weighted by Crippen LogP contribution is 2.31. The SMILES string of the molecule is C[C@@H]1OC(CO)[C@H](O)C(n2cc(-c3cc(F)c(F)c(F)c3)nn2)C1O. The minimum atomic E-state index is -1.59. The summed E-state index contributed by atoms with van der Waals surface area (Å²) in [5.74, 6) is -4.33. The van der Waals surface area contributed by atoms with Crippen LogP contribution in [-0.2, 0) is 4.74 Å². The summed E-state index contributed by atoms with van der Waals surface area (Å²) in [6.45, 7) is 1.10. The van der Waals surface area contributed by atoms with Gasteiger partial charge in [-0.15, -0.1) is 5.10 Å². The van der Waals surface area contributed by atoms with Crippen LogP contribution in [0.3, 0.4) is 0 Å². The quantitative estimate of drug-likeness (QED) is 0.686. The molecule has 0 radical (unpaired) electrons. The Kier molecular flexibility index (Phi) is 4.78. The molecule has 2 heterocycles. The highest BCUT2D eigenvalue weighted by molar-refractivity contribution is 5.57. The van der Waals surface area contributed by atoms with E-state index in [-0.39, 0.29) is 11.3 Å². The van der Waals surface area contributed by atoms with Crippen LogP contribution in [0.25, 0.3) is 11.3 Å². The summed E-state index contributed by atoms with van der Waals surface area (Å²) in [5, 5.41) is 37.3. The van der Waals surface area contributed by atoms with Crippen LogP contribution in [0, 0.1) is 17.5 Å². The highest BCUT2D eigenvalue weighted by Gasteiger charge is 2.44. The fraction of sp³-hybridized carbons (Fsp3) is 0.467. The maximum Gasteiger partial charge on any atom is 0.194 e. The fourth-order valence-electron chi connectivity index (χ4n) is 2.86. The van der Waals surface area contributed by atoms with Crippen LogP contribution < -0.4 is 0 Å². The van der Waals surface area contributed by atoms with Gasteiger partial charge in [0.25, 0.3) is 0 Å². The molecule has 10 heteroatoms. The van der Waals surface area contributed by atoms with E-state index in [1.807, 2.05) is 0 Å². The van der Waals surface area contributed by atoms with E-state index in [9.17, 15) is 28.5 Å². The smallest absolute Gasteiger partial charge is 0.194 e. The summed E-state index contributed by atoms with van der Waals surface area (Å²) in [6.07, 6.45) is -2.81. The van der Waals surface area contributed by atoms with Crippen molar-refractivity contribution >= 4 is 0 Å². The van der Waals surface area contributed by atoms with Crippen molar-refractivity contribution in [3.8, 4) is 11.3 Å². The van der Waals surface area contributed by atoms with Crippen molar-refractivity contribution < 1.29 is 33.2 Å². The molecule has 5 atom stereocenters. The predicted octanol–water partition coefficient (Wildman–Crippen LogP) is 0.405. The second-order valence-corrected chi connectivity index (χ2v) is 5.87. The second kappa shape index (κ2) is 6.71. The minimum Gasteiger partial charge on any atom is -0.394 e. The Morgan fingerprint density at radius 2 is 1.80 bits per heavy atom. The topological polar surface area (TPSA) is 101 Å². The predicted molar refractivity (Wildman–Crippen MR) is 77.8 cm³/mol. The molecular formula is C15H16F3N3O4. The number of aliphatic hydroxyl groups is 3. The Morgan fingerprint density at radius 3 is 2.40 bits per heavy atom. The van der Waals surface area contributed by atoms with Crippen LogP contribution in [-0.4, -0.2) is 61.3 Å². The zero-order chi connectivity index (χ0) is 18.3. The number of benzene rings is 1. The van der Waals surface area contributed by atoms with Crippen molar-refractivity contribution in [2.75, 3.05) is 6.61 Å². The van der Waals surface area contributed by atoms with Gasteiger partial charge in [0.15, 0.2) is 17.5 Å². The van der Waals surface area contributed by atoms with Crippen molar-refractivity contribution in [1.82, 2.24) is 15.0 Å². The van der Waals surface area contributed by atoms with Gasteiger partial charge in [0.2, 0.25) is 0 Å². The third-order valence-corrected chi connectivity index (χ3v) is 4.23. The zero-order valence-electron chi connectivity index (χ0n) is 13.1. The van der Waals surface area contributed by atoms with Crippen molar-refractivity contribution in [3.63, 3.8) is 0 Å². The molecule has 1 aliphatic rings. The number of aliphatic hydroxyl groups excluding tert-OH is 3. The largest absolute Gasteiger partial charge is 0.394 e. The molecule has 3 unspecified atom stereocenters. The summed E-state index contributed by atoms with van der Waals surface area (Å²) in [7, 11) is 0. The third kappa shape index (κ3) is 3.13. The van der Waals surface area contributed by atoms with Gasteiger partial charge in [0.1, 0.15) is 30.0 Å². The van der Waals surface area contributed by atoms with Crippen molar-refractivity contribution in [2.24, 2.45) is 0 Å². The average Bonchev–Trinajstić information content (AvgIpc) is 3.05. The monoisotopic (exact) mass is 359 g/mol. The van der Waals surface area contributed by atoms with E-state index in [1.165, 1.54) is 6.20 Å². The Balaban J connectivity index is 1.95. The molecule has 3 N–H and O–H groups in total. The molecule has 3 rings (SSSR count). The zero-order valence-corrected chi connectivity index (χ0v) is 13.1. The summed E-state index contributed by atoms with van der Waals surface area (Å²) < 4.78 is 46.2. The van der Waals surface area contributed by atoms with Gasteiger partial charge in [-0.05, 0) is 19.1 Å². The van der Waals surface area contributed by atoms with Gasteiger partial charge >= 0.3 is 0 Å². The van der Waals surface area contributed by atoms with Crippen molar-refractivity contribution in [2.45, 2.75) is 37.4 Å². The maximum absolute atomic E-state index is 13.4. The standard InChI is InChI=1S/C15H16F3N3O4/c1-6-14(23)13(15(24)11(5-22)25-6)21-4-10(19-20-21)7-2-8(16)12(18)9(17)3-7/h2-4,6,11,13-15,22-24H,5H2,1H3/t6-,11?,13?,14?,15-/m0/s1. The van der Waals surface area contributed by atoms with Crippen molar-refractivity contribution in [3.05, 3.63) is 35.8 Å². The maximum atomic E-state index is 13.4. The molecule has 0 amide bonds. The first-order valence-electron chi connectivity index (χ1n) is 7.52. The number of hydrogen-bond acceptors (Lipinski definition) is 6. The number of rotatable bonds is 3. The summed E-state index contributed by atoms with van der Waals surface area (Å²) in [5.41, 5.74) is -0.0256. The van der Waals surface area contributed by atoms with Crippen LogP contribution >= 0.6 is 0 Å². The fourth-order valence-corrected chi connectivity index (χ4v) is 2.86. The lowest BCUT2D eigenvalue weighted by Crippen LogP contribution is -2.55. The van der Waals surface area contributed by atoms with E-state index in [0.717, 1.165) is 16.8 Å². The molecule has 1 aromatic carbocycles. The van der Waals surface area contributed by atoms with Crippen LogP contribution in [0.5, 0.6) is 0 Å². The van der Waals surface area contributed by atoms with E-state index < -0.39 is 54.5 Å². The highest BCUT2D eigenvalue weighted by atomic mass is 19.2. The Labute approximate surface area is 140 Å². The molecule has 1 fully saturated rings. The Morgan fingerprint density at radius 1 is 1.16 bits per heavy atom. The van der Waals surface area contributed by atoms with Gasteiger partial charge in [-0.25, -0.2) is 17.9 Å². The minimum absolute atomic E-state index is 0.0249. The molecule has 0 spiro atoms. The Hall–Kier alpha value is -2.01. The number of nitrogens with zero attached hydrogens (tertiary/aromatic N) is 3. The summed E-state index contributed by atoms with van der Waals surface area (Å²) >= 11 is 0. The molecule has 1 saturated heterocycles. The number of hydrogen-bond donors (Lipinski definition) is 3. The first-order chi connectivity index (χ1) is 11.8. The van der Waals surface area contributed by atoms with E-state index in [1.54, 1.807) is 6.92 Å². The van der Waals surface area contributed by atoms with Crippen LogP contribution in [0.1, 0.15) is 13.0 Å². The van der Waals surface area contributed by atoms with Crippen LogP contribution in [0.15, 0.2) is 18.3 Å². The van der Waals surface area contributed by atoms with E-state index in [4.69, 9.17) is 4.74 Å². The third-order valence-electron chi connectivity index (χ3n) is 4.23. The lowest BCUT2D eigenvalue weighted by molar-refractivity contribution is -0.199. The van der Waals surface area contributed by atoms with Crippen LogP contribution in [0.4, 0.5) is 13.2 Å².